The maximum Gasteiger partial charge on any atom is 0.226 e. The van der Waals surface area contributed by atoms with Crippen LogP contribution in [0.1, 0.15) is 17.5 Å². The lowest BCUT2D eigenvalue weighted by molar-refractivity contribution is 0.912. The zero-order valence-corrected chi connectivity index (χ0v) is 14.9. The maximum atomic E-state index is 6.26. The van der Waals surface area contributed by atoms with Crippen molar-refractivity contribution in [3.05, 3.63) is 77.1 Å². The van der Waals surface area contributed by atoms with E-state index in [2.05, 4.69) is 46.4 Å². The van der Waals surface area contributed by atoms with Crippen LogP contribution in [0.2, 0.25) is 5.28 Å². The van der Waals surface area contributed by atoms with Crippen LogP contribution in [0.5, 0.6) is 0 Å². The Hall–Kier alpha value is -2.78. The highest BCUT2D eigenvalue weighted by atomic mass is 35.5. The Morgan fingerprint density at radius 1 is 0.731 bits per heavy atom. The molecule has 0 saturated heterocycles. The van der Waals surface area contributed by atoms with E-state index in [0.29, 0.717) is 11.6 Å². The lowest BCUT2D eigenvalue weighted by atomic mass is 10.0. The molecule has 0 aliphatic heterocycles. The van der Waals surface area contributed by atoms with E-state index in [1.165, 1.54) is 17.5 Å². The summed E-state index contributed by atoms with van der Waals surface area (Å²) in [6, 6.07) is 20.8. The summed E-state index contributed by atoms with van der Waals surface area (Å²) in [7, 11) is 0. The van der Waals surface area contributed by atoms with Crippen molar-refractivity contribution in [3.8, 4) is 22.8 Å². The van der Waals surface area contributed by atoms with Crippen LogP contribution >= 0.6 is 11.6 Å². The summed E-state index contributed by atoms with van der Waals surface area (Å²) in [6.07, 6.45) is 3.50. The van der Waals surface area contributed by atoms with Crippen molar-refractivity contribution < 1.29 is 0 Å². The van der Waals surface area contributed by atoms with Gasteiger partial charge in [-0.25, -0.2) is 4.98 Å². The van der Waals surface area contributed by atoms with Crippen LogP contribution in [-0.2, 0) is 12.8 Å². The Labute approximate surface area is 156 Å². The summed E-state index contributed by atoms with van der Waals surface area (Å²) < 4.78 is 0. The number of benzene rings is 3. The van der Waals surface area contributed by atoms with E-state index in [-0.39, 0.29) is 5.28 Å². The van der Waals surface area contributed by atoms with E-state index in [1.54, 1.807) is 0 Å². The molecule has 1 aromatic heterocycles. The Bertz CT molecular complexity index is 1130. The van der Waals surface area contributed by atoms with Crippen molar-refractivity contribution in [2.75, 3.05) is 0 Å². The number of aromatic nitrogens is 3. The van der Waals surface area contributed by atoms with Gasteiger partial charge in [0.1, 0.15) is 0 Å². The molecule has 0 spiro atoms. The molecule has 4 aromatic rings. The molecule has 0 amide bonds. The third kappa shape index (κ3) is 2.65. The van der Waals surface area contributed by atoms with Crippen LogP contribution in [0.4, 0.5) is 0 Å². The Morgan fingerprint density at radius 3 is 2.50 bits per heavy atom. The van der Waals surface area contributed by atoms with Crippen molar-refractivity contribution >= 4 is 22.4 Å². The first-order valence-electron chi connectivity index (χ1n) is 8.80. The van der Waals surface area contributed by atoms with E-state index in [9.17, 15) is 0 Å². The van der Waals surface area contributed by atoms with Gasteiger partial charge < -0.3 is 0 Å². The van der Waals surface area contributed by atoms with Crippen LogP contribution in [-0.4, -0.2) is 15.0 Å². The van der Waals surface area contributed by atoms with Crippen molar-refractivity contribution in [2.45, 2.75) is 19.3 Å². The number of fused-ring (bicyclic) bond motifs is 2. The number of aryl methyl sites for hydroxylation is 2. The van der Waals surface area contributed by atoms with Gasteiger partial charge in [0.05, 0.1) is 0 Å². The molecular weight excluding hydrogens is 342 g/mol. The molecular formula is C22H16ClN3. The van der Waals surface area contributed by atoms with Crippen molar-refractivity contribution in [1.29, 1.82) is 0 Å². The standard InChI is InChI=1S/C22H16ClN3/c23-22-25-20(17-12-11-14-6-3-8-16(14)13-17)24-21(26-22)19-10-4-7-15-5-1-2-9-18(15)19/h1-2,4-5,7,9-13H,3,6,8H2. The first-order valence-corrected chi connectivity index (χ1v) is 9.18. The van der Waals surface area contributed by atoms with Crippen molar-refractivity contribution in [2.24, 2.45) is 0 Å². The smallest absolute Gasteiger partial charge is 0.208 e. The van der Waals surface area contributed by atoms with Crippen LogP contribution in [0.3, 0.4) is 0 Å². The molecule has 0 radical (unpaired) electrons. The van der Waals surface area contributed by atoms with E-state index < -0.39 is 0 Å². The Kier molecular flexibility index (Phi) is 3.68. The molecule has 1 aliphatic rings. The predicted octanol–water partition coefficient (Wildman–Crippen LogP) is 5.50. The number of hydrogen-bond acceptors (Lipinski definition) is 3. The quantitative estimate of drug-likeness (QED) is 0.475. The number of rotatable bonds is 2. The first kappa shape index (κ1) is 15.5. The summed E-state index contributed by atoms with van der Waals surface area (Å²) in [5.41, 5.74) is 4.79. The third-order valence-electron chi connectivity index (χ3n) is 5.00. The summed E-state index contributed by atoms with van der Waals surface area (Å²) in [5.74, 6) is 1.24. The minimum absolute atomic E-state index is 0.221. The van der Waals surface area contributed by atoms with Gasteiger partial charge in [0.2, 0.25) is 5.28 Å². The van der Waals surface area contributed by atoms with Gasteiger partial charge in [-0.05, 0) is 58.8 Å². The first-order chi connectivity index (χ1) is 12.8. The van der Waals surface area contributed by atoms with Gasteiger partial charge in [0.25, 0.3) is 0 Å². The lowest BCUT2D eigenvalue weighted by Gasteiger charge is -2.08. The summed E-state index contributed by atoms with van der Waals surface area (Å²) >= 11 is 6.26. The molecule has 0 N–H and O–H groups in total. The fraction of sp³-hybridized carbons (Fsp3) is 0.136. The van der Waals surface area contributed by atoms with Gasteiger partial charge >= 0.3 is 0 Å². The summed E-state index contributed by atoms with van der Waals surface area (Å²) in [6.45, 7) is 0. The molecule has 3 aromatic carbocycles. The molecule has 0 saturated carbocycles. The average Bonchev–Trinajstić information content (AvgIpc) is 3.15. The lowest BCUT2D eigenvalue weighted by Crippen LogP contribution is -1.98. The Balaban J connectivity index is 1.67. The van der Waals surface area contributed by atoms with Crippen molar-refractivity contribution in [3.63, 3.8) is 0 Å². The molecule has 0 unspecified atom stereocenters. The van der Waals surface area contributed by atoms with Crippen molar-refractivity contribution in [1.82, 2.24) is 15.0 Å². The number of hydrogen-bond donors (Lipinski definition) is 0. The van der Waals surface area contributed by atoms with Crippen LogP contribution in [0.25, 0.3) is 33.5 Å². The number of halogens is 1. The molecule has 4 heteroatoms. The zero-order valence-electron chi connectivity index (χ0n) is 14.1. The van der Waals surface area contributed by atoms with Gasteiger partial charge in [-0.2, -0.15) is 9.97 Å². The predicted molar refractivity (Wildman–Crippen MR) is 105 cm³/mol. The third-order valence-corrected chi connectivity index (χ3v) is 5.16. The normalized spacial score (nSPS) is 13.1. The zero-order chi connectivity index (χ0) is 17.5. The highest BCUT2D eigenvalue weighted by Crippen LogP contribution is 2.30. The van der Waals surface area contributed by atoms with E-state index in [0.717, 1.165) is 34.7 Å². The second-order valence-electron chi connectivity index (χ2n) is 6.62. The van der Waals surface area contributed by atoms with Crippen LogP contribution in [0.15, 0.2) is 60.7 Å². The summed E-state index contributed by atoms with van der Waals surface area (Å²) in [4.78, 5) is 13.5. The minimum atomic E-state index is 0.221. The SMILES string of the molecule is Clc1nc(-c2ccc3c(c2)CCC3)nc(-c2cccc3ccccc23)n1. The van der Waals surface area contributed by atoms with E-state index in [4.69, 9.17) is 16.6 Å². The monoisotopic (exact) mass is 357 g/mol. The molecule has 126 valence electrons. The van der Waals surface area contributed by atoms with Crippen LogP contribution in [0, 0.1) is 0 Å². The fourth-order valence-corrected chi connectivity index (χ4v) is 3.89. The second kappa shape index (κ2) is 6.19. The molecule has 26 heavy (non-hydrogen) atoms. The Morgan fingerprint density at radius 2 is 1.54 bits per heavy atom. The molecule has 5 rings (SSSR count). The highest BCUT2D eigenvalue weighted by molar-refractivity contribution is 6.28. The molecule has 1 aliphatic carbocycles. The molecule has 0 atom stereocenters. The molecule has 3 nitrogen and oxygen atoms in total. The fourth-order valence-electron chi connectivity index (χ4n) is 3.73. The van der Waals surface area contributed by atoms with Gasteiger partial charge in [-0.15, -0.1) is 0 Å². The summed E-state index contributed by atoms with van der Waals surface area (Å²) in [5, 5.41) is 2.48. The topological polar surface area (TPSA) is 38.7 Å². The van der Waals surface area contributed by atoms with E-state index >= 15 is 0 Å². The van der Waals surface area contributed by atoms with Gasteiger partial charge in [0, 0.05) is 11.1 Å². The maximum absolute atomic E-state index is 6.26. The van der Waals surface area contributed by atoms with Crippen LogP contribution < -0.4 is 0 Å². The molecule has 1 heterocycles. The minimum Gasteiger partial charge on any atom is -0.208 e. The molecule has 0 bridgehead atoms. The largest absolute Gasteiger partial charge is 0.226 e. The average molecular weight is 358 g/mol. The van der Waals surface area contributed by atoms with Gasteiger partial charge in [-0.3, -0.25) is 0 Å². The second-order valence-corrected chi connectivity index (χ2v) is 6.95. The van der Waals surface area contributed by atoms with Gasteiger partial charge in [-0.1, -0.05) is 54.6 Å². The van der Waals surface area contributed by atoms with E-state index in [1.807, 2.05) is 24.3 Å². The molecule has 0 fully saturated rings. The number of nitrogens with zero attached hydrogens (tertiary/aromatic N) is 3. The highest BCUT2D eigenvalue weighted by Gasteiger charge is 2.15. The van der Waals surface area contributed by atoms with Gasteiger partial charge in [0.15, 0.2) is 11.6 Å².